The Morgan fingerprint density at radius 1 is 1.42 bits per heavy atom. The molecular formula is C9H20N2O. The third-order valence-electron chi connectivity index (χ3n) is 1.71. The number of hydrogen-bond donors (Lipinski definition) is 1. The van der Waals surface area contributed by atoms with E-state index in [1.807, 2.05) is 0 Å². The second-order valence-corrected chi connectivity index (χ2v) is 3.60. The summed E-state index contributed by atoms with van der Waals surface area (Å²) in [6.45, 7) is 7.21. The maximum atomic E-state index is 10.2. The van der Waals surface area contributed by atoms with Crippen LogP contribution in [0.3, 0.4) is 0 Å². The molecule has 1 N–H and O–H groups in total. The zero-order chi connectivity index (χ0) is 9.56. The molecule has 1 amide bonds. The van der Waals surface area contributed by atoms with Crippen LogP contribution < -0.4 is 5.32 Å². The molecule has 0 aliphatic rings. The molecule has 0 aromatic carbocycles. The van der Waals surface area contributed by atoms with Crippen molar-refractivity contribution in [2.24, 2.45) is 0 Å². The Hall–Kier alpha value is -0.570. The Labute approximate surface area is 75.1 Å². The van der Waals surface area contributed by atoms with Gasteiger partial charge in [-0.05, 0) is 13.3 Å². The molecule has 3 heteroatoms. The standard InChI is InChI=1S/C9H20N2O/c1-8(2)10-9(3)5-6-11(4)7-12/h7-10H,5-6H2,1-4H3. The van der Waals surface area contributed by atoms with E-state index in [4.69, 9.17) is 0 Å². The predicted molar refractivity (Wildman–Crippen MR) is 51.0 cm³/mol. The summed E-state index contributed by atoms with van der Waals surface area (Å²) >= 11 is 0. The van der Waals surface area contributed by atoms with Gasteiger partial charge < -0.3 is 10.2 Å². The SMILES string of the molecule is CC(C)NC(C)CCN(C)C=O. The summed E-state index contributed by atoms with van der Waals surface area (Å²) in [6, 6.07) is 0.994. The maximum absolute atomic E-state index is 10.2. The quantitative estimate of drug-likeness (QED) is 0.602. The number of nitrogens with zero attached hydrogens (tertiary/aromatic N) is 1. The summed E-state index contributed by atoms with van der Waals surface area (Å²) in [5, 5.41) is 3.38. The highest BCUT2D eigenvalue weighted by Crippen LogP contribution is 1.93. The molecule has 0 rings (SSSR count). The van der Waals surface area contributed by atoms with Gasteiger partial charge in [0.15, 0.2) is 0 Å². The van der Waals surface area contributed by atoms with Crippen molar-refractivity contribution < 1.29 is 4.79 Å². The lowest BCUT2D eigenvalue weighted by Crippen LogP contribution is -2.34. The van der Waals surface area contributed by atoms with E-state index in [2.05, 4.69) is 26.1 Å². The normalized spacial score (nSPS) is 13.1. The summed E-state index contributed by atoms with van der Waals surface area (Å²) < 4.78 is 0. The minimum atomic E-state index is 0.479. The van der Waals surface area contributed by atoms with Gasteiger partial charge in [0.25, 0.3) is 0 Å². The van der Waals surface area contributed by atoms with Crippen LogP contribution in [0.4, 0.5) is 0 Å². The van der Waals surface area contributed by atoms with Crippen LogP contribution in [0.1, 0.15) is 27.2 Å². The Balaban J connectivity index is 3.42. The number of rotatable bonds is 6. The van der Waals surface area contributed by atoms with Gasteiger partial charge in [-0.3, -0.25) is 4.79 Å². The van der Waals surface area contributed by atoms with Crippen molar-refractivity contribution in [1.29, 1.82) is 0 Å². The molecule has 0 spiro atoms. The van der Waals surface area contributed by atoms with Gasteiger partial charge in [0.1, 0.15) is 0 Å². The Morgan fingerprint density at radius 3 is 2.42 bits per heavy atom. The van der Waals surface area contributed by atoms with Gasteiger partial charge >= 0.3 is 0 Å². The molecule has 0 fully saturated rings. The lowest BCUT2D eigenvalue weighted by atomic mass is 10.2. The minimum absolute atomic E-state index is 0.479. The predicted octanol–water partition coefficient (Wildman–Crippen LogP) is 0.851. The van der Waals surface area contributed by atoms with E-state index in [0.29, 0.717) is 12.1 Å². The van der Waals surface area contributed by atoms with Crippen molar-refractivity contribution in [2.75, 3.05) is 13.6 Å². The first-order valence-corrected chi connectivity index (χ1v) is 4.47. The van der Waals surface area contributed by atoms with Crippen LogP contribution in [0.25, 0.3) is 0 Å². The van der Waals surface area contributed by atoms with Crippen molar-refractivity contribution in [2.45, 2.75) is 39.3 Å². The third kappa shape index (κ3) is 6.16. The first kappa shape index (κ1) is 11.4. The molecule has 0 heterocycles. The highest BCUT2D eigenvalue weighted by atomic mass is 16.1. The Kier molecular flexibility index (Phi) is 5.72. The van der Waals surface area contributed by atoms with E-state index in [0.717, 1.165) is 19.4 Å². The summed E-state index contributed by atoms with van der Waals surface area (Å²) in [5.74, 6) is 0. The molecule has 0 bridgehead atoms. The zero-order valence-electron chi connectivity index (χ0n) is 8.50. The number of nitrogens with one attached hydrogen (secondary N) is 1. The van der Waals surface area contributed by atoms with Crippen LogP contribution in [0.15, 0.2) is 0 Å². The van der Waals surface area contributed by atoms with E-state index in [1.54, 1.807) is 11.9 Å². The molecular weight excluding hydrogens is 152 g/mol. The molecule has 3 nitrogen and oxygen atoms in total. The highest BCUT2D eigenvalue weighted by Gasteiger charge is 2.03. The molecule has 0 aliphatic heterocycles. The average Bonchev–Trinajstić information content (AvgIpc) is 1.99. The van der Waals surface area contributed by atoms with Crippen molar-refractivity contribution in [3.05, 3.63) is 0 Å². The van der Waals surface area contributed by atoms with Gasteiger partial charge in [-0.1, -0.05) is 13.8 Å². The molecule has 12 heavy (non-hydrogen) atoms. The fourth-order valence-electron chi connectivity index (χ4n) is 1.10. The Morgan fingerprint density at radius 2 is 2.00 bits per heavy atom. The largest absolute Gasteiger partial charge is 0.348 e. The fourth-order valence-corrected chi connectivity index (χ4v) is 1.10. The van der Waals surface area contributed by atoms with Crippen LogP contribution in [-0.2, 0) is 4.79 Å². The van der Waals surface area contributed by atoms with Gasteiger partial charge in [0.2, 0.25) is 6.41 Å². The van der Waals surface area contributed by atoms with Crippen LogP contribution in [0, 0.1) is 0 Å². The fraction of sp³-hybridized carbons (Fsp3) is 0.889. The number of hydrogen-bond acceptors (Lipinski definition) is 2. The topological polar surface area (TPSA) is 32.3 Å². The van der Waals surface area contributed by atoms with Gasteiger partial charge in [0, 0.05) is 25.7 Å². The van der Waals surface area contributed by atoms with Crippen molar-refractivity contribution in [1.82, 2.24) is 10.2 Å². The van der Waals surface area contributed by atoms with Crippen molar-refractivity contribution >= 4 is 6.41 Å². The smallest absolute Gasteiger partial charge is 0.209 e. The second-order valence-electron chi connectivity index (χ2n) is 3.60. The highest BCUT2D eigenvalue weighted by molar-refractivity contribution is 5.46. The molecule has 0 radical (unpaired) electrons. The summed E-state index contributed by atoms with van der Waals surface area (Å²) in [5.41, 5.74) is 0. The van der Waals surface area contributed by atoms with Gasteiger partial charge in [-0.25, -0.2) is 0 Å². The van der Waals surface area contributed by atoms with Crippen molar-refractivity contribution in [3.63, 3.8) is 0 Å². The van der Waals surface area contributed by atoms with Gasteiger partial charge in [-0.2, -0.15) is 0 Å². The first-order valence-electron chi connectivity index (χ1n) is 4.47. The molecule has 1 unspecified atom stereocenters. The molecule has 0 saturated carbocycles. The van der Waals surface area contributed by atoms with E-state index in [1.165, 1.54) is 0 Å². The van der Waals surface area contributed by atoms with Crippen LogP contribution >= 0.6 is 0 Å². The molecule has 1 atom stereocenters. The van der Waals surface area contributed by atoms with E-state index >= 15 is 0 Å². The average molecular weight is 172 g/mol. The van der Waals surface area contributed by atoms with Gasteiger partial charge in [-0.15, -0.1) is 0 Å². The van der Waals surface area contributed by atoms with E-state index in [9.17, 15) is 4.79 Å². The zero-order valence-corrected chi connectivity index (χ0v) is 8.50. The lowest BCUT2D eigenvalue weighted by molar-refractivity contribution is -0.117. The molecule has 0 aliphatic carbocycles. The number of carbonyl (C=O) groups is 1. The molecule has 0 aromatic heterocycles. The van der Waals surface area contributed by atoms with E-state index < -0.39 is 0 Å². The van der Waals surface area contributed by atoms with Crippen LogP contribution in [-0.4, -0.2) is 37.0 Å². The van der Waals surface area contributed by atoms with Crippen LogP contribution in [0.2, 0.25) is 0 Å². The second kappa shape index (κ2) is 6.00. The molecule has 0 aromatic rings. The summed E-state index contributed by atoms with van der Waals surface area (Å²) in [7, 11) is 1.80. The number of carbonyl (C=O) groups excluding carboxylic acids is 1. The number of amides is 1. The van der Waals surface area contributed by atoms with Crippen LogP contribution in [0.5, 0.6) is 0 Å². The van der Waals surface area contributed by atoms with E-state index in [-0.39, 0.29) is 0 Å². The van der Waals surface area contributed by atoms with Crippen molar-refractivity contribution in [3.8, 4) is 0 Å². The monoisotopic (exact) mass is 172 g/mol. The lowest BCUT2D eigenvalue weighted by Gasteiger charge is -2.18. The molecule has 72 valence electrons. The third-order valence-corrected chi connectivity index (χ3v) is 1.71. The summed E-state index contributed by atoms with van der Waals surface area (Å²) in [4.78, 5) is 11.9. The minimum Gasteiger partial charge on any atom is -0.348 e. The maximum Gasteiger partial charge on any atom is 0.209 e. The first-order chi connectivity index (χ1) is 5.56. The molecule has 0 saturated heterocycles. The van der Waals surface area contributed by atoms with Gasteiger partial charge in [0.05, 0.1) is 0 Å². The summed E-state index contributed by atoms with van der Waals surface area (Å²) in [6.07, 6.45) is 1.87. The Bertz CT molecular complexity index is 126.